The van der Waals surface area contributed by atoms with Gasteiger partial charge in [0.15, 0.2) is 5.16 Å². The predicted molar refractivity (Wildman–Crippen MR) is 114 cm³/mol. The lowest BCUT2D eigenvalue weighted by molar-refractivity contribution is -0.117. The number of imide groups is 1. The first-order chi connectivity index (χ1) is 13.9. The molecule has 0 saturated carbocycles. The number of para-hydroxylation sites is 1. The summed E-state index contributed by atoms with van der Waals surface area (Å²) >= 11 is 1.07. The number of amides is 3. The molecule has 1 atom stereocenters. The Morgan fingerprint density at radius 2 is 1.86 bits per heavy atom. The Bertz CT molecular complexity index is 1110. The molecule has 0 aliphatic rings. The van der Waals surface area contributed by atoms with Gasteiger partial charge in [0.1, 0.15) is 0 Å². The molecule has 0 bridgehead atoms. The van der Waals surface area contributed by atoms with Crippen molar-refractivity contribution in [1.82, 2.24) is 14.9 Å². The zero-order chi connectivity index (χ0) is 21.0. The third-order valence-corrected chi connectivity index (χ3v) is 5.61. The van der Waals surface area contributed by atoms with Crippen LogP contribution in [0, 0.1) is 0 Å². The van der Waals surface area contributed by atoms with Gasteiger partial charge in [-0.3, -0.25) is 19.5 Å². The maximum absolute atomic E-state index is 13.2. The highest BCUT2D eigenvalue weighted by Gasteiger charge is 2.15. The van der Waals surface area contributed by atoms with E-state index in [0.717, 1.165) is 18.2 Å². The fourth-order valence-corrected chi connectivity index (χ4v) is 3.74. The summed E-state index contributed by atoms with van der Waals surface area (Å²) in [6.07, 6.45) is 1.02. The Hall–Kier alpha value is -3.13. The molecule has 0 radical (unpaired) electrons. The minimum absolute atomic E-state index is 0.0985. The van der Waals surface area contributed by atoms with E-state index in [1.54, 1.807) is 24.3 Å². The first-order valence-corrected chi connectivity index (χ1v) is 10.2. The van der Waals surface area contributed by atoms with E-state index in [1.807, 2.05) is 29.6 Å². The Kier molecular flexibility index (Phi) is 6.33. The summed E-state index contributed by atoms with van der Waals surface area (Å²) in [6, 6.07) is 13.9. The van der Waals surface area contributed by atoms with Gasteiger partial charge in [0, 0.05) is 0 Å². The van der Waals surface area contributed by atoms with Crippen LogP contribution in [0.4, 0.5) is 4.79 Å². The normalized spacial score (nSPS) is 11.9. The number of fused-ring (bicyclic) bond motifs is 1. The number of aromatic nitrogens is 2. The van der Waals surface area contributed by atoms with Crippen LogP contribution >= 0.6 is 11.8 Å². The summed E-state index contributed by atoms with van der Waals surface area (Å²) in [5.41, 5.74) is 7.16. The van der Waals surface area contributed by atoms with Crippen LogP contribution in [0.5, 0.6) is 0 Å². The third-order valence-electron chi connectivity index (χ3n) is 4.67. The fraction of sp³-hybridized carbons (Fsp3) is 0.238. The number of carbonyl (C=O) groups is 2. The molecule has 7 nitrogen and oxygen atoms in total. The van der Waals surface area contributed by atoms with Crippen molar-refractivity contribution >= 4 is 34.6 Å². The van der Waals surface area contributed by atoms with E-state index in [9.17, 15) is 14.4 Å². The van der Waals surface area contributed by atoms with Crippen LogP contribution in [0.25, 0.3) is 16.6 Å². The SMILES string of the molecule is CC[C@H](C)c1ccc(-n2c(SCC(=O)NC(N)=O)nc3ccccc3c2=O)cc1. The number of rotatable bonds is 6. The largest absolute Gasteiger partial charge is 0.351 e. The highest BCUT2D eigenvalue weighted by molar-refractivity contribution is 7.99. The van der Waals surface area contributed by atoms with Crippen LogP contribution in [-0.4, -0.2) is 27.2 Å². The average molecular weight is 410 g/mol. The van der Waals surface area contributed by atoms with E-state index >= 15 is 0 Å². The molecule has 3 amide bonds. The number of carbonyl (C=O) groups excluding carboxylic acids is 2. The summed E-state index contributed by atoms with van der Waals surface area (Å²) < 4.78 is 1.49. The minimum Gasteiger partial charge on any atom is -0.351 e. The van der Waals surface area contributed by atoms with Crippen molar-refractivity contribution in [1.29, 1.82) is 0 Å². The number of urea groups is 1. The minimum atomic E-state index is -0.917. The summed E-state index contributed by atoms with van der Waals surface area (Å²) in [5, 5.41) is 2.87. The van der Waals surface area contributed by atoms with E-state index in [2.05, 4.69) is 18.8 Å². The van der Waals surface area contributed by atoms with Crippen molar-refractivity contribution in [3.63, 3.8) is 0 Å². The fourth-order valence-electron chi connectivity index (χ4n) is 2.93. The van der Waals surface area contributed by atoms with Crippen LogP contribution < -0.4 is 16.6 Å². The quantitative estimate of drug-likeness (QED) is 0.479. The third kappa shape index (κ3) is 4.65. The van der Waals surface area contributed by atoms with Crippen LogP contribution in [0.1, 0.15) is 31.7 Å². The second-order valence-electron chi connectivity index (χ2n) is 6.65. The molecule has 2 aromatic carbocycles. The maximum Gasteiger partial charge on any atom is 0.318 e. The number of nitrogens with zero attached hydrogens (tertiary/aromatic N) is 2. The number of primary amides is 1. The molecule has 8 heteroatoms. The van der Waals surface area contributed by atoms with Crippen LogP contribution in [0.3, 0.4) is 0 Å². The lowest BCUT2D eigenvalue weighted by Crippen LogP contribution is -2.36. The molecular weight excluding hydrogens is 388 g/mol. The first-order valence-electron chi connectivity index (χ1n) is 9.25. The monoisotopic (exact) mass is 410 g/mol. The van der Waals surface area contributed by atoms with Gasteiger partial charge in [-0.25, -0.2) is 9.78 Å². The molecule has 3 rings (SSSR count). The van der Waals surface area contributed by atoms with Crippen LogP contribution in [0.15, 0.2) is 58.5 Å². The smallest absolute Gasteiger partial charge is 0.318 e. The molecule has 1 aromatic heterocycles. The average Bonchev–Trinajstić information content (AvgIpc) is 2.71. The molecule has 29 heavy (non-hydrogen) atoms. The summed E-state index contributed by atoms with van der Waals surface area (Å²) in [4.78, 5) is 40.4. The van der Waals surface area contributed by atoms with Gasteiger partial charge < -0.3 is 5.73 Å². The van der Waals surface area contributed by atoms with Crippen LogP contribution in [0.2, 0.25) is 0 Å². The van der Waals surface area contributed by atoms with E-state index in [4.69, 9.17) is 5.73 Å². The molecule has 0 fully saturated rings. The zero-order valence-electron chi connectivity index (χ0n) is 16.2. The number of hydrogen-bond acceptors (Lipinski definition) is 5. The second kappa shape index (κ2) is 8.91. The molecular formula is C21H22N4O3S. The summed E-state index contributed by atoms with van der Waals surface area (Å²) in [6.45, 7) is 4.28. The summed E-state index contributed by atoms with van der Waals surface area (Å²) in [7, 11) is 0. The zero-order valence-corrected chi connectivity index (χ0v) is 17.0. The van der Waals surface area contributed by atoms with E-state index in [0.29, 0.717) is 27.7 Å². The number of hydrogen-bond donors (Lipinski definition) is 2. The van der Waals surface area contributed by atoms with Crippen molar-refractivity contribution in [3.05, 3.63) is 64.4 Å². The van der Waals surface area contributed by atoms with Crippen molar-refractivity contribution in [2.75, 3.05) is 5.75 Å². The van der Waals surface area contributed by atoms with Gasteiger partial charge in [0.25, 0.3) is 5.56 Å². The van der Waals surface area contributed by atoms with Gasteiger partial charge in [-0.05, 0) is 42.2 Å². The molecule has 1 heterocycles. The number of thioether (sulfide) groups is 1. The highest BCUT2D eigenvalue weighted by Crippen LogP contribution is 2.24. The van der Waals surface area contributed by atoms with Gasteiger partial charge in [0.2, 0.25) is 5.91 Å². The summed E-state index contributed by atoms with van der Waals surface area (Å²) in [5.74, 6) is -0.232. The van der Waals surface area contributed by atoms with E-state index in [-0.39, 0.29) is 11.3 Å². The molecule has 0 spiro atoms. The number of nitrogens with two attached hydrogens (primary N) is 1. The predicted octanol–water partition coefficient (Wildman–Crippen LogP) is 3.19. The number of benzene rings is 2. The topological polar surface area (TPSA) is 107 Å². The highest BCUT2D eigenvalue weighted by atomic mass is 32.2. The molecule has 3 N–H and O–H groups in total. The Labute approximate surface area is 172 Å². The van der Waals surface area contributed by atoms with E-state index in [1.165, 1.54) is 10.1 Å². The standard InChI is InChI=1S/C21H22N4O3S/c1-3-13(2)14-8-10-15(11-9-14)25-19(27)16-6-4-5-7-17(16)23-21(25)29-12-18(26)24-20(22)28/h4-11,13H,3,12H2,1-2H3,(H3,22,24,26,28)/t13-/m0/s1. The Morgan fingerprint density at radius 1 is 1.17 bits per heavy atom. The molecule has 0 unspecified atom stereocenters. The molecule has 0 aliphatic carbocycles. The lowest BCUT2D eigenvalue weighted by Gasteiger charge is -2.15. The second-order valence-corrected chi connectivity index (χ2v) is 7.60. The van der Waals surface area contributed by atoms with Crippen molar-refractivity contribution < 1.29 is 9.59 Å². The van der Waals surface area contributed by atoms with Crippen molar-refractivity contribution in [2.45, 2.75) is 31.3 Å². The van der Waals surface area contributed by atoms with Crippen molar-refractivity contribution in [3.8, 4) is 5.69 Å². The van der Waals surface area contributed by atoms with Crippen LogP contribution in [-0.2, 0) is 4.79 Å². The van der Waals surface area contributed by atoms with Gasteiger partial charge in [-0.1, -0.05) is 49.9 Å². The van der Waals surface area contributed by atoms with Gasteiger partial charge in [-0.2, -0.15) is 0 Å². The number of nitrogens with one attached hydrogen (secondary N) is 1. The Morgan fingerprint density at radius 3 is 2.52 bits per heavy atom. The van der Waals surface area contributed by atoms with Gasteiger partial charge in [-0.15, -0.1) is 0 Å². The molecule has 0 aliphatic heterocycles. The molecule has 150 valence electrons. The molecule has 0 saturated heterocycles. The molecule has 3 aromatic rings. The first kappa shape index (κ1) is 20.6. The van der Waals surface area contributed by atoms with Crippen molar-refractivity contribution in [2.24, 2.45) is 5.73 Å². The maximum atomic E-state index is 13.2. The Balaban J connectivity index is 2.06. The lowest BCUT2D eigenvalue weighted by atomic mass is 9.98. The van der Waals surface area contributed by atoms with Gasteiger partial charge in [0.05, 0.1) is 22.3 Å². The van der Waals surface area contributed by atoms with E-state index < -0.39 is 11.9 Å². The van der Waals surface area contributed by atoms with Gasteiger partial charge >= 0.3 is 6.03 Å².